The fourth-order valence-corrected chi connectivity index (χ4v) is 7.83. The van der Waals surface area contributed by atoms with Gasteiger partial charge in [0.05, 0.1) is 7.11 Å². The average molecular weight is 690 g/mol. The predicted molar refractivity (Wildman–Crippen MR) is 226 cm³/mol. The van der Waals surface area contributed by atoms with E-state index in [4.69, 9.17) is 4.74 Å². The van der Waals surface area contributed by atoms with Crippen LogP contribution in [-0.4, -0.2) is 7.11 Å². The maximum absolute atomic E-state index is 5.28. The standard InChI is InChI=1S/C51H47NO/c1-38-20-8-4-10-24-41(40-22-11-5-12-23-40)27-18-28-42(33-35-52-38)46-31-19-32-48-50(46)47-36-43-25-15-16-26-44(43)37-49(47)51(48,45-29-13-6-14-30-45)34-17-7-9-21-39(2)53-3/h4-5,7-13,15-23,25-33,35-37,41,52H,1-2,6,14,24,34H2,3H3/b10-4-,17-7-,20-8-,21-9-,27-18+,35-33-,42-28+. The molecule has 1 aliphatic heterocycles. The third-order valence-corrected chi connectivity index (χ3v) is 10.5. The van der Waals surface area contributed by atoms with Gasteiger partial charge in [-0.25, -0.2) is 0 Å². The summed E-state index contributed by atoms with van der Waals surface area (Å²) in [5, 5.41) is 5.89. The molecular formula is C51H47NO. The Morgan fingerprint density at radius 3 is 2.47 bits per heavy atom. The van der Waals surface area contributed by atoms with Gasteiger partial charge in [-0.1, -0.05) is 159 Å². The van der Waals surface area contributed by atoms with Crippen molar-refractivity contribution >= 4 is 16.3 Å². The first-order valence-corrected chi connectivity index (χ1v) is 18.6. The highest BCUT2D eigenvalue weighted by Crippen LogP contribution is 2.58. The lowest BCUT2D eigenvalue weighted by Crippen LogP contribution is -2.27. The molecule has 262 valence electrons. The monoisotopic (exact) mass is 689 g/mol. The molecule has 53 heavy (non-hydrogen) atoms. The third-order valence-electron chi connectivity index (χ3n) is 10.5. The van der Waals surface area contributed by atoms with Crippen molar-refractivity contribution in [2.45, 2.75) is 37.0 Å². The van der Waals surface area contributed by atoms with E-state index in [2.05, 4.69) is 176 Å². The minimum atomic E-state index is -0.367. The Kier molecular flexibility index (Phi) is 11.0. The SMILES string of the molecule is C=C1/C=C\C=C/CC(c2ccccc2)/C=C/C=C(c2cccc3c2-c2cc4ccccc4cc2C3(C/C=C\C=C/C(=C)OC)C2=CCCC=C2)\C=C/N1. The Morgan fingerprint density at radius 2 is 1.66 bits per heavy atom. The third kappa shape index (κ3) is 7.59. The number of nitrogens with one attached hydrogen (secondary N) is 1. The Bertz CT molecular complexity index is 2280. The van der Waals surface area contributed by atoms with Crippen LogP contribution in [0.25, 0.3) is 27.5 Å². The van der Waals surface area contributed by atoms with Crippen LogP contribution in [0, 0.1) is 0 Å². The molecule has 0 saturated carbocycles. The van der Waals surface area contributed by atoms with Crippen molar-refractivity contribution in [1.82, 2.24) is 5.32 Å². The summed E-state index contributed by atoms with van der Waals surface area (Å²) in [5.41, 5.74) is 10.7. The van der Waals surface area contributed by atoms with Gasteiger partial charge in [-0.05, 0) is 111 Å². The Morgan fingerprint density at radius 1 is 0.830 bits per heavy atom. The van der Waals surface area contributed by atoms with Crippen molar-refractivity contribution in [2.24, 2.45) is 0 Å². The number of methoxy groups -OCH3 is 1. The van der Waals surface area contributed by atoms with Gasteiger partial charge in [0.1, 0.15) is 5.76 Å². The van der Waals surface area contributed by atoms with Gasteiger partial charge in [-0.2, -0.15) is 0 Å². The first-order valence-electron chi connectivity index (χ1n) is 18.6. The average Bonchev–Trinajstić information content (AvgIpc) is 3.48. The molecule has 2 atom stereocenters. The van der Waals surface area contributed by atoms with Crippen molar-refractivity contribution in [3.63, 3.8) is 0 Å². The number of hydrogen-bond acceptors (Lipinski definition) is 2. The summed E-state index contributed by atoms with van der Waals surface area (Å²) < 4.78 is 5.28. The number of fused-ring (bicyclic) bond motifs is 4. The highest BCUT2D eigenvalue weighted by molar-refractivity contribution is 5.99. The minimum Gasteiger partial charge on any atom is -0.497 e. The van der Waals surface area contributed by atoms with Gasteiger partial charge in [-0.15, -0.1) is 0 Å². The van der Waals surface area contributed by atoms with Gasteiger partial charge < -0.3 is 10.1 Å². The molecule has 2 nitrogen and oxygen atoms in total. The topological polar surface area (TPSA) is 21.3 Å². The molecule has 2 unspecified atom stereocenters. The van der Waals surface area contributed by atoms with Crippen molar-refractivity contribution in [1.29, 1.82) is 0 Å². The molecular weight excluding hydrogens is 643 g/mol. The van der Waals surface area contributed by atoms with Crippen LogP contribution >= 0.6 is 0 Å². The summed E-state index contributed by atoms with van der Waals surface area (Å²) in [6.07, 6.45) is 38.7. The van der Waals surface area contributed by atoms with Crippen LogP contribution in [0.1, 0.15) is 53.9 Å². The van der Waals surface area contributed by atoms with Crippen molar-refractivity contribution in [2.75, 3.05) is 7.11 Å². The van der Waals surface area contributed by atoms with E-state index in [1.807, 2.05) is 24.4 Å². The van der Waals surface area contributed by atoms with Crippen LogP contribution in [0.5, 0.6) is 0 Å². The summed E-state index contributed by atoms with van der Waals surface area (Å²) >= 11 is 0. The largest absolute Gasteiger partial charge is 0.497 e. The van der Waals surface area contributed by atoms with E-state index in [0.29, 0.717) is 5.76 Å². The van der Waals surface area contributed by atoms with Gasteiger partial charge in [0.2, 0.25) is 0 Å². The zero-order valence-electron chi connectivity index (χ0n) is 30.5. The molecule has 0 radical (unpaired) electrons. The lowest BCUT2D eigenvalue weighted by Gasteiger charge is -2.34. The fourth-order valence-electron chi connectivity index (χ4n) is 7.83. The Balaban J connectivity index is 1.43. The summed E-state index contributed by atoms with van der Waals surface area (Å²) in [6, 6.07) is 31.3. The zero-order chi connectivity index (χ0) is 36.5. The van der Waals surface area contributed by atoms with Crippen LogP contribution in [0.4, 0.5) is 0 Å². The van der Waals surface area contributed by atoms with E-state index < -0.39 is 0 Å². The maximum Gasteiger partial charge on any atom is 0.111 e. The Labute approximate surface area is 315 Å². The van der Waals surface area contributed by atoms with Crippen LogP contribution in [0.2, 0.25) is 0 Å². The highest BCUT2D eigenvalue weighted by atomic mass is 16.5. The van der Waals surface area contributed by atoms with E-state index in [9.17, 15) is 0 Å². The van der Waals surface area contributed by atoms with E-state index in [1.54, 1.807) is 7.11 Å². The molecule has 7 rings (SSSR count). The molecule has 4 aromatic rings. The number of hydrogen-bond donors (Lipinski definition) is 1. The number of rotatable bonds is 8. The van der Waals surface area contributed by atoms with E-state index >= 15 is 0 Å². The van der Waals surface area contributed by atoms with Crippen LogP contribution in [0.15, 0.2) is 212 Å². The van der Waals surface area contributed by atoms with Gasteiger partial charge in [-0.3, -0.25) is 0 Å². The van der Waals surface area contributed by atoms with Crippen LogP contribution in [0.3, 0.4) is 0 Å². The van der Waals surface area contributed by atoms with Gasteiger partial charge in [0.15, 0.2) is 0 Å². The van der Waals surface area contributed by atoms with Crippen LogP contribution in [-0.2, 0) is 10.2 Å². The second-order valence-electron chi connectivity index (χ2n) is 13.7. The second-order valence-corrected chi connectivity index (χ2v) is 13.7. The number of allylic oxidation sites excluding steroid dienone is 17. The summed E-state index contributed by atoms with van der Waals surface area (Å²) in [7, 11) is 1.65. The molecule has 0 amide bonds. The first-order chi connectivity index (χ1) is 26.1. The van der Waals surface area contributed by atoms with Gasteiger partial charge in [0, 0.05) is 23.2 Å². The predicted octanol–water partition coefficient (Wildman–Crippen LogP) is 12.9. The molecule has 0 bridgehead atoms. The minimum absolute atomic E-state index is 0.250. The Hall–Kier alpha value is -6.12. The van der Waals surface area contributed by atoms with Crippen molar-refractivity contribution in [3.8, 4) is 11.1 Å². The van der Waals surface area contributed by atoms with Crippen molar-refractivity contribution in [3.05, 3.63) is 235 Å². The molecule has 2 heteroatoms. The molecule has 0 fully saturated rings. The molecule has 0 saturated heterocycles. The molecule has 2 aliphatic carbocycles. The summed E-state index contributed by atoms with van der Waals surface area (Å²) in [5.74, 6) is 0.883. The molecule has 0 spiro atoms. The molecule has 1 heterocycles. The number of benzene rings is 4. The summed E-state index contributed by atoms with van der Waals surface area (Å²) in [6.45, 7) is 8.19. The normalized spacial score (nSPS) is 23.3. The fraction of sp³-hybridized carbons (Fsp3) is 0.137. The van der Waals surface area contributed by atoms with Crippen molar-refractivity contribution < 1.29 is 4.74 Å². The quantitative estimate of drug-likeness (QED) is 0.147. The smallest absolute Gasteiger partial charge is 0.111 e. The molecule has 1 N–H and O–H groups in total. The van der Waals surface area contributed by atoms with E-state index in [-0.39, 0.29) is 11.3 Å². The summed E-state index contributed by atoms with van der Waals surface area (Å²) in [4.78, 5) is 0. The molecule has 0 aromatic heterocycles. The lowest BCUT2D eigenvalue weighted by atomic mass is 9.68. The molecule has 3 aliphatic rings. The first kappa shape index (κ1) is 35.3. The maximum atomic E-state index is 5.28. The zero-order valence-corrected chi connectivity index (χ0v) is 30.5. The second kappa shape index (κ2) is 16.5. The highest BCUT2D eigenvalue weighted by Gasteiger charge is 2.45. The van der Waals surface area contributed by atoms with Gasteiger partial charge >= 0.3 is 0 Å². The number of ether oxygens (including phenoxy) is 1. The lowest BCUT2D eigenvalue weighted by molar-refractivity contribution is 0.309. The van der Waals surface area contributed by atoms with Crippen LogP contribution < -0.4 is 5.32 Å². The molecule has 4 aromatic carbocycles. The van der Waals surface area contributed by atoms with Gasteiger partial charge in [0.25, 0.3) is 0 Å². The van der Waals surface area contributed by atoms with E-state index in [0.717, 1.165) is 37.0 Å². The van der Waals surface area contributed by atoms with E-state index in [1.165, 1.54) is 49.7 Å².